The lowest BCUT2D eigenvalue weighted by atomic mass is 9.64. The Labute approximate surface area is 368 Å². The van der Waals surface area contributed by atoms with Crippen LogP contribution in [0.2, 0.25) is 0 Å². The molecule has 2 N–H and O–H groups in total. The third-order valence-electron chi connectivity index (χ3n) is 15.3. The first-order valence-corrected chi connectivity index (χ1v) is 23.1. The standard InChI is InChI=1S/C49H61F2N7O5/c1-4-49(5-2)46(58(47(49)61)41-11-6-8-37(50)45(41)60)36-28-38(51)42(29-43(36)63-3)55-20-16-33(17-21-55)31-54-26-24-53(25-27-54)30-32-12-14-34(15-13-32)56-22-18-35-39(56)9-7-10-40(35)57-23-19-44(59)52-48(57)62/h6-11,18,22,28-29,32-34,46,60H,4-5,12-17,19-21,23-27,30-31H2,1-3H3,(H,52,59,62)/t32?,34?,46-/m0/s1. The van der Waals surface area contributed by atoms with E-state index in [4.69, 9.17) is 4.74 Å². The number of piperazine rings is 1. The topological polar surface area (TPSA) is 114 Å². The zero-order valence-corrected chi connectivity index (χ0v) is 36.8. The Kier molecular flexibility index (Phi) is 12.1. The Hall–Kier alpha value is -5.21. The van der Waals surface area contributed by atoms with Gasteiger partial charge in [-0.15, -0.1) is 0 Å². The Morgan fingerprint density at radius 3 is 2.06 bits per heavy atom. The number of phenols is 1. The first-order chi connectivity index (χ1) is 30.5. The number of ether oxygens (including phenoxy) is 1. The minimum Gasteiger partial charge on any atom is -0.503 e. The second-order valence-electron chi connectivity index (χ2n) is 18.5. The van der Waals surface area contributed by atoms with Crippen LogP contribution in [-0.4, -0.2) is 103 Å². The number of para-hydroxylation sites is 1. The zero-order chi connectivity index (χ0) is 44.0. The van der Waals surface area contributed by atoms with E-state index in [1.807, 2.05) is 26.0 Å². The van der Waals surface area contributed by atoms with Crippen LogP contribution in [0, 0.1) is 28.9 Å². The molecule has 336 valence electrons. The summed E-state index contributed by atoms with van der Waals surface area (Å²) in [6.45, 7) is 12.2. The summed E-state index contributed by atoms with van der Waals surface area (Å²) in [6.07, 6.45) is 10.1. The summed E-state index contributed by atoms with van der Waals surface area (Å²) in [5, 5.41) is 14.1. The van der Waals surface area contributed by atoms with Crippen molar-refractivity contribution in [2.45, 2.75) is 83.7 Å². The number of carbonyl (C=O) groups excluding carboxylic acids is 3. The summed E-state index contributed by atoms with van der Waals surface area (Å²) >= 11 is 0. The molecule has 1 aromatic heterocycles. The van der Waals surface area contributed by atoms with Crippen molar-refractivity contribution in [3.63, 3.8) is 0 Å². The van der Waals surface area contributed by atoms with E-state index in [9.17, 15) is 23.9 Å². The molecule has 1 atom stereocenters. The number of hydrogen-bond acceptors (Lipinski definition) is 8. The van der Waals surface area contributed by atoms with Gasteiger partial charge in [0.25, 0.3) is 0 Å². The minimum absolute atomic E-state index is 0.0726. The number of amides is 4. The number of benzene rings is 3. The van der Waals surface area contributed by atoms with E-state index in [1.54, 1.807) is 18.1 Å². The van der Waals surface area contributed by atoms with Gasteiger partial charge in [0.05, 0.1) is 41.1 Å². The molecule has 1 saturated carbocycles. The molecule has 0 unspecified atom stereocenters. The van der Waals surface area contributed by atoms with Gasteiger partial charge in [-0.05, 0) is 99.6 Å². The van der Waals surface area contributed by atoms with Crippen LogP contribution in [0.1, 0.15) is 89.3 Å². The average molecular weight is 866 g/mol. The predicted molar refractivity (Wildman–Crippen MR) is 241 cm³/mol. The molecule has 4 aliphatic heterocycles. The fourth-order valence-corrected chi connectivity index (χ4v) is 11.5. The highest BCUT2D eigenvalue weighted by Gasteiger charge is 2.61. The molecule has 1 aliphatic carbocycles. The number of nitrogens with one attached hydrogen (secondary N) is 1. The molecule has 5 fully saturated rings. The van der Waals surface area contributed by atoms with Crippen molar-refractivity contribution in [1.82, 2.24) is 19.7 Å². The molecule has 3 aromatic carbocycles. The fourth-order valence-electron chi connectivity index (χ4n) is 11.5. The molecule has 5 heterocycles. The molecule has 4 saturated heterocycles. The number of rotatable bonds is 12. The number of imide groups is 1. The van der Waals surface area contributed by atoms with E-state index < -0.39 is 23.0 Å². The van der Waals surface area contributed by atoms with Gasteiger partial charge in [-0.3, -0.25) is 24.7 Å². The van der Waals surface area contributed by atoms with E-state index in [0.29, 0.717) is 60.7 Å². The highest BCUT2D eigenvalue weighted by Crippen LogP contribution is 2.59. The van der Waals surface area contributed by atoms with Crippen LogP contribution < -0.4 is 24.8 Å². The maximum atomic E-state index is 16.3. The number of halogens is 2. The molecule has 5 aliphatic rings. The molecule has 4 amide bonds. The molecule has 0 radical (unpaired) electrons. The SMILES string of the molecule is CCC1(CC)C(=O)N(c2cccc(F)c2O)[C@H]1c1cc(F)c(N2CCC(CN3CCN(CC4CCC(n5ccc6c(N7CCC(=O)NC7=O)cccc65)CC4)CC3)CC2)cc1OC. The monoisotopic (exact) mass is 865 g/mol. The number of nitrogens with zero attached hydrogens (tertiary/aromatic N) is 6. The van der Waals surface area contributed by atoms with E-state index >= 15 is 4.39 Å². The third kappa shape index (κ3) is 7.91. The van der Waals surface area contributed by atoms with E-state index in [2.05, 4.69) is 42.9 Å². The number of phenolic OH excluding ortho intramolecular Hbond substituents is 1. The number of β-lactam (4-membered cyclic amide) rings is 1. The second-order valence-corrected chi connectivity index (χ2v) is 18.5. The Morgan fingerprint density at radius 1 is 0.762 bits per heavy atom. The lowest BCUT2D eigenvalue weighted by molar-refractivity contribution is -0.141. The average Bonchev–Trinajstić information content (AvgIpc) is 3.73. The number of methoxy groups -OCH3 is 1. The van der Waals surface area contributed by atoms with Crippen LogP contribution in [0.4, 0.5) is 30.6 Å². The van der Waals surface area contributed by atoms with Gasteiger partial charge in [0.2, 0.25) is 11.8 Å². The minimum atomic E-state index is -0.836. The lowest BCUT2D eigenvalue weighted by Gasteiger charge is -2.56. The summed E-state index contributed by atoms with van der Waals surface area (Å²) in [5.41, 5.74) is 2.23. The number of hydrogen-bond donors (Lipinski definition) is 2. The Bertz CT molecular complexity index is 2340. The first kappa shape index (κ1) is 43.1. The van der Waals surface area contributed by atoms with Crippen molar-refractivity contribution in [2.75, 3.05) is 80.7 Å². The van der Waals surface area contributed by atoms with Crippen molar-refractivity contribution in [1.29, 1.82) is 0 Å². The van der Waals surface area contributed by atoms with Gasteiger partial charge >= 0.3 is 6.03 Å². The van der Waals surface area contributed by atoms with Crippen molar-refractivity contribution in [3.05, 3.63) is 78.0 Å². The predicted octanol–water partition coefficient (Wildman–Crippen LogP) is 8.24. The largest absolute Gasteiger partial charge is 0.503 e. The Balaban J connectivity index is 0.755. The quantitative estimate of drug-likeness (QED) is 0.137. The molecular formula is C49H61F2N7O5. The molecule has 63 heavy (non-hydrogen) atoms. The second kappa shape index (κ2) is 17.8. The maximum Gasteiger partial charge on any atom is 0.328 e. The van der Waals surface area contributed by atoms with E-state index in [1.165, 1.54) is 35.9 Å². The molecule has 4 aromatic rings. The molecule has 12 nitrogen and oxygen atoms in total. The highest BCUT2D eigenvalue weighted by molar-refractivity contribution is 6.10. The third-order valence-corrected chi connectivity index (χ3v) is 15.3. The van der Waals surface area contributed by atoms with E-state index in [-0.39, 0.29) is 29.4 Å². The normalized spacial score (nSPS) is 23.9. The number of carbonyl (C=O) groups is 3. The molecule has 0 spiro atoms. The number of piperidine rings is 1. The van der Waals surface area contributed by atoms with E-state index in [0.717, 1.165) is 101 Å². The summed E-state index contributed by atoms with van der Waals surface area (Å²) in [5.74, 6) is -0.540. The molecular weight excluding hydrogens is 805 g/mol. The molecule has 9 rings (SSSR count). The summed E-state index contributed by atoms with van der Waals surface area (Å²) in [4.78, 5) is 48.5. The highest BCUT2D eigenvalue weighted by atomic mass is 19.1. The van der Waals surface area contributed by atoms with Crippen LogP contribution >= 0.6 is 0 Å². The first-order valence-electron chi connectivity index (χ1n) is 23.1. The van der Waals surface area contributed by atoms with Crippen molar-refractivity contribution in [3.8, 4) is 11.5 Å². The van der Waals surface area contributed by atoms with Crippen molar-refractivity contribution >= 4 is 45.8 Å². The van der Waals surface area contributed by atoms with Gasteiger partial charge in [-0.2, -0.15) is 0 Å². The van der Waals surface area contributed by atoms with Crippen LogP contribution in [0.15, 0.2) is 60.8 Å². The number of urea groups is 1. The van der Waals surface area contributed by atoms with Crippen LogP contribution in [0.3, 0.4) is 0 Å². The summed E-state index contributed by atoms with van der Waals surface area (Å²) in [7, 11) is 1.55. The van der Waals surface area contributed by atoms with Gasteiger partial charge in [0, 0.05) is 94.6 Å². The number of aromatic nitrogens is 1. The smallest absolute Gasteiger partial charge is 0.328 e. The summed E-state index contributed by atoms with van der Waals surface area (Å²) < 4.78 is 39.0. The van der Waals surface area contributed by atoms with Crippen LogP contribution in [0.25, 0.3) is 10.9 Å². The van der Waals surface area contributed by atoms with Crippen LogP contribution in [-0.2, 0) is 9.59 Å². The van der Waals surface area contributed by atoms with Gasteiger partial charge in [0.15, 0.2) is 11.6 Å². The van der Waals surface area contributed by atoms with Crippen LogP contribution in [0.5, 0.6) is 11.5 Å². The van der Waals surface area contributed by atoms with Crippen molar-refractivity contribution < 1.29 is 33.0 Å². The number of fused-ring (bicyclic) bond motifs is 1. The Morgan fingerprint density at radius 2 is 1.41 bits per heavy atom. The molecule has 0 bridgehead atoms. The zero-order valence-electron chi connectivity index (χ0n) is 36.8. The van der Waals surface area contributed by atoms with Gasteiger partial charge in [-0.1, -0.05) is 26.0 Å². The fraction of sp³-hybridized carbons (Fsp3) is 0.531. The number of anilines is 3. The van der Waals surface area contributed by atoms with Crippen molar-refractivity contribution in [2.24, 2.45) is 17.3 Å². The molecule has 14 heteroatoms. The van der Waals surface area contributed by atoms with Gasteiger partial charge < -0.3 is 29.1 Å². The number of aromatic hydroxyl groups is 1. The maximum absolute atomic E-state index is 16.3. The van der Waals surface area contributed by atoms with Gasteiger partial charge in [0.1, 0.15) is 11.6 Å². The lowest BCUT2D eigenvalue weighted by Crippen LogP contribution is -2.63. The van der Waals surface area contributed by atoms with Gasteiger partial charge in [-0.25, -0.2) is 13.6 Å². The summed E-state index contributed by atoms with van der Waals surface area (Å²) in [6, 6.07) is 15.0.